The van der Waals surface area contributed by atoms with Crippen molar-refractivity contribution in [2.75, 3.05) is 48.4 Å². The Bertz CT molecular complexity index is 2540. The molecule has 4 aromatic heterocycles. The summed E-state index contributed by atoms with van der Waals surface area (Å²) in [5, 5.41) is 8.24. The van der Waals surface area contributed by atoms with E-state index < -0.39 is 35.6 Å². The number of carbonyl (C=O) groups excluding carboxylic acids is 2. The number of nitrogens with zero attached hydrogens (tertiary/aromatic N) is 11. The summed E-state index contributed by atoms with van der Waals surface area (Å²) >= 11 is 0. The number of hydrogen-bond donors (Lipinski definition) is 1. The van der Waals surface area contributed by atoms with E-state index in [0.29, 0.717) is 78.3 Å². The van der Waals surface area contributed by atoms with Crippen LogP contribution in [-0.4, -0.2) is 107 Å². The lowest BCUT2D eigenvalue weighted by Gasteiger charge is -2.31. The first kappa shape index (κ1) is 35.5. The topological polar surface area (TPSA) is 152 Å². The van der Waals surface area contributed by atoms with Crippen LogP contribution in [0.5, 0.6) is 0 Å². The second-order valence-corrected chi connectivity index (χ2v) is 14.3. The first-order valence-corrected chi connectivity index (χ1v) is 18.5. The molecule has 1 N–H and O–H groups in total. The number of aryl methyl sites for hydroxylation is 1. The van der Waals surface area contributed by atoms with Gasteiger partial charge in [0.1, 0.15) is 35.0 Å². The zero-order chi connectivity index (χ0) is 38.8. The van der Waals surface area contributed by atoms with Crippen LogP contribution in [0, 0.1) is 24.4 Å². The zero-order valence-corrected chi connectivity index (χ0v) is 30.8. The molecule has 3 aliphatic heterocycles. The summed E-state index contributed by atoms with van der Waals surface area (Å²) in [6.45, 7) is 5.25. The number of nitrogens with one attached hydrogen (secondary N) is 1. The standard InChI is InChI=1S/C38H37F3N12O3/c1-4-56-24-18-49(3)36(55)31-15-23(45-37-42-10-9-28(46-37)25-12-22(40)14-29-33(25)51(19-24)20(2)44-29)17-52(31)34-26-16-43-53(30-8-7-21(39)13-27(30)41)35(26)48-38(47-34)50-11-5-6-32(50)54/h7-10,12-14,16,23-24,31H,4-6,11,15,17-19H2,1-3H3,(H,42,45,46)/t23-,24-,31-/m0/s1. The Morgan fingerprint density at radius 2 is 1.84 bits per heavy atom. The molecule has 0 unspecified atom stereocenters. The van der Waals surface area contributed by atoms with Gasteiger partial charge >= 0.3 is 0 Å². The van der Waals surface area contributed by atoms with Crippen LogP contribution in [0.4, 0.5) is 30.9 Å². The number of benzene rings is 2. The number of halogens is 3. The van der Waals surface area contributed by atoms with Crippen LogP contribution in [0.3, 0.4) is 0 Å². The summed E-state index contributed by atoms with van der Waals surface area (Å²) in [5.41, 5.74) is 2.30. The van der Waals surface area contributed by atoms with Gasteiger partial charge in [-0.1, -0.05) is 0 Å². The SMILES string of the molecule is CCO[C@H]1CN(C)C(=O)[C@@H]2C[C@@H](CN2c2nc(N3CCCC3=O)nc3c2cnn3-c2ccc(F)cc2F)Nc2nccc(n2)-c2cc(F)cc3nc(C)n(c23)C1. The Morgan fingerprint density at radius 1 is 0.982 bits per heavy atom. The molecule has 288 valence electrons. The van der Waals surface area contributed by atoms with Gasteiger partial charge in [-0.15, -0.1) is 0 Å². The van der Waals surface area contributed by atoms with Gasteiger partial charge in [0.2, 0.25) is 23.7 Å². The Morgan fingerprint density at radius 3 is 2.62 bits per heavy atom. The average Bonchev–Trinajstić information content (AvgIpc) is 3.96. The fraction of sp³-hybridized carbons (Fsp3) is 0.368. The quantitative estimate of drug-likeness (QED) is 0.266. The molecule has 0 spiro atoms. The Hall–Kier alpha value is -6.17. The molecule has 18 heteroatoms. The van der Waals surface area contributed by atoms with Crippen LogP contribution in [0.1, 0.15) is 32.0 Å². The van der Waals surface area contributed by atoms with Crippen LogP contribution >= 0.6 is 0 Å². The number of imidazole rings is 1. The van der Waals surface area contributed by atoms with Gasteiger partial charge in [-0.3, -0.25) is 14.5 Å². The summed E-state index contributed by atoms with van der Waals surface area (Å²) in [7, 11) is 1.72. The molecule has 4 bridgehead atoms. The van der Waals surface area contributed by atoms with Gasteiger partial charge in [-0.2, -0.15) is 15.1 Å². The van der Waals surface area contributed by atoms with Crippen molar-refractivity contribution in [1.82, 2.24) is 44.2 Å². The van der Waals surface area contributed by atoms with E-state index in [0.717, 1.165) is 12.1 Å². The van der Waals surface area contributed by atoms with Crippen molar-refractivity contribution in [3.8, 4) is 16.9 Å². The minimum absolute atomic E-state index is 0.0506. The number of anilines is 3. The number of fused-ring (bicyclic) bond motifs is 6. The van der Waals surface area contributed by atoms with Crippen molar-refractivity contribution in [3.63, 3.8) is 0 Å². The molecule has 0 saturated carbocycles. The predicted octanol–water partition coefficient (Wildman–Crippen LogP) is 4.41. The molecule has 3 aliphatic rings. The third kappa shape index (κ3) is 6.13. The maximum absolute atomic E-state index is 15.2. The first-order chi connectivity index (χ1) is 27.1. The van der Waals surface area contributed by atoms with Gasteiger partial charge in [0.25, 0.3) is 0 Å². The Labute approximate surface area is 318 Å². The van der Waals surface area contributed by atoms with Crippen molar-refractivity contribution >= 4 is 51.6 Å². The van der Waals surface area contributed by atoms with E-state index in [1.165, 1.54) is 34.0 Å². The number of likely N-dealkylation sites (N-methyl/N-ethyl adjacent to an activating group) is 1. The molecule has 2 fully saturated rings. The maximum Gasteiger partial charge on any atom is 0.245 e. The monoisotopic (exact) mass is 766 g/mol. The molecule has 3 atom stereocenters. The second-order valence-electron chi connectivity index (χ2n) is 14.3. The van der Waals surface area contributed by atoms with Crippen LogP contribution in [-0.2, 0) is 20.9 Å². The number of hydrogen-bond acceptors (Lipinski definition) is 11. The number of ether oxygens (including phenoxy) is 1. The van der Waals surface area contributed by atoms with Crippen LogP contribution < -0.4 is 15.1 Å². The van der Waals surface area contributed by atoms with Crippen molar-refractivity contribution in [2.45, 2.75) is 57.8 Å². The number of amides is 2. The van der Waals surface area contributed by atoms with E-state index in [2.05, 4.69) is 20.4 Å². The molecule has 2 saturated heterocycles. The number of carbonyl (C=O) groups is 2. The average molecular weight is 767 g/mol. The van der Waals surface area contributed by atoms with Crippen LogP contribution in [0.2, 0.25) is 0 Å². The highest BCUT2D eigenvalue weighted by atomic mass is 19.1. The minimum atomic E-state index is -0.856. The summed E-state index contributed by atoms with van der Waals surface area (Å²) < 4.78 is 53.7. The molecule has 15 nitrogen and oxygen atoms in total. The summed E-state index contributed by atoms with van der Waals surface area (Å²) in [5.74, 6) is -1.15. The van der Waals surface area contributed by atoms with Crippen LogP contribution in [0.25, 0.3) is 39.0 Å². The molecule has 56 heavy (non-hydrogen) atoms. The molecule has 0 radical (unpaired) electrons. The third-order valence-corrected chi connectivity index (χ3v) is 10.6. The molecule has 6 aromatic rings. The molecule has 2 aromatic carbocycles. The summed E-state index contributed by atoms with van der Waals surface area (Å²) in [6, 6.07) is 6.50. The summed E-state index contributed by atoms with van der Waals surface area (Å²) in [6.07, 6.45) is 3.81. The van der Waals surface area contributed by atoms with E-state index in [1.807, 2.05) is 23.3 Å². The molecule has 7 heterocycles. The molecular weight excluding hydrogens is 729 g/mol. The van der Waals surface area contributed by atoms with Gasteiger partial charge in [0.15, 0.2) is 11.5 Å². The Kier molecular flexibility index (Phi) is 8.78. The molecular formula is C38H37F3N12O3. The number of aromatic nitrogens is 8. The van der Waals surface area contributed by atoms with Gasteiger partial charge in [-0.05, 0) is 51.0 Å². The maximum atomic E-state index is 15.2. The van der Waals surface area contributed by atoms with E-state index in [1.54, 1.807) is 24.2 Å². The predicted molar refractivity (Wildman–Crippen MR) is 200 cm³/mol. The molecule has 0 aliphatic carbocycles. The van der Waals surface area contributed by atoms with Crippen molar-refractivity contribution in [1.29, 1.82) is 0 Å². The Balaban J connectivity index is 1.18. The van der Waals surface area contributed by atoms with E-state index >= 15 is 8.78 Å². The lowest BCUT2D eigenvalue weighted by Crippen LogP contribution is -2.47. The first-order valence-electron chi connectivity index (χ1n) is 18.5. The van der Waals surface area contributed by atoms with Gasteiger partial charge < -0.3 is 24.4 Å². The highest BCUT2D eigenvalue weighted by molar-refractivity contribution is 5.98. The number of rotatable bonds is 5. The molecule has 9 rings (SSSR count). The normalized spacial score (nSPS) is 20.2. The van der Waals surface area contributed by atoms with Crippen LogP contribution in [0.15, 0.2) is 48.8 Å². The van der Waals surface area contributed by atoms with Gasteiger partial charge in [-0.25, -0.2) is 32.8 Å². The highest BCUT2D eigenvalue weighted by Crippen LogP contribution is 2.36. The largest absolute Gasteiger partial charge is 0.375 e. The second kappa shape index (κ2) is 13.8. The fourth-order valence-electron chi connectivity index (χ4n) is 8.10. The summed E-state index contributed by atoms with van der Waals surface area (Å²) in [4.78, 5) is 56.3. The van der Waals surface area contributed by atoms with E-state index in [9.17, 15) is 14.0 Å². The van der Waals surface area contributed by atoms with Gasteiger partial charge in [0, 0.05) is 69.6 Å². The smallest absolute Gasteiger partial charge is 0.245 e. The van der Waals surface area contributed by atoms with E-state index in [4.69, 9.17) is 19.7 Å². The van der Waals surface area contributed by atoms with Crippen molar-refractivity contribution < 1.29 is 27.5 Å². The van der Waals surface area contributed by atoms with Gasteiger partial charge in [0.05, 0.1) is 41.0 Å². The van der Waals surface area contributed by atoms with E-state index in [-0.39, 0.29) is 48.1 Å². The minimum Gasteiger partial charge on any atom is -0.375 e. The lowest BCUT2D eigenvalue weighted by atomic mass is 10.1. The highest BCUT2D eigenvalue weighted by Gasteiger charge is 2.42. The third-order valence-electron chi connectivity index (χ3n) is 10.6. The fourth-order valence-corrected chi connectivity index (χ4v) is 8.10. The lowest BCUT2D eigenvalue weighted by molar-refractivity contribution is -0.133. The zero-order valence-electron chi connectivity index (χ0n) is 30.8. The van der Waals surface area contributed by atoms with Crippen molar-refractivity contribution in [2.24, 2.45) is 0 Å². The van der Waals surface area contributed by atoms with Crippen molar-refractivity contribution in [3.05, 3.63) is 72.1 Å². The molecule has 2 amide bonds.